The summed E-state index contributed by atoms with van der Waals surface area (Å²) in [6, 6.07) is 9.54. The van der Waals surface area contributed by atoms with Crippen LogP contribution in [-0.2, 0) is 9.59 Å². The van der Waals surface area contributed by atoms with Crippen molar-refractivity contribution >= 4 is 17.4 Å². The van der Waals surface area contributed by atoms with E-state index in [1.165, 1.54) is 11.2 Å². The maximum atomic E-state index is 12.9. The van der Waals surface area contributed by atoms with Gasteiger partial charge in [0.05, 0.1) is 18.4 Å². The molecule has 1 aromatic carbocycles. The minimum atomic E-state index is -0.764. The zero-order valence-corrected chi connectivity index (χ0v) is 18.3. The lowest BCUT2D eigenvalue weighted by Gasteiger charge is -2.24. The quantitative estimate of drug-likeness (QED) is 0.269. The molecule has 1 aliphatic heterocycles. The number of ketones is 1. The number of ether oxygens (including phenoxy) is 1. The summed E-state index contributed by atoms with van der Waals surface area (Å²) in [6.07, 6.45) is 4.71. The predicted octanol–water partition coefficient (Wildman–Crippen LogP) is 3.83. The van der Waals surface area contributed by atoms with Crippen LogP contribution in [0.4, 0.5) is 0 Å². The summed E-state index contributed by atoms with van der Waals surface area (Å²) < 4.78 is 11.2. The van der Waals surface area contributed by atoms with Gasteiger partial charge in [0.25, 0.3) is 11.7 Å². The summed E-state index contributed by atoms with van der Waals surface area (Å²) in [7, 11) is 3.79. The van der Waals surface area contributed by atoms with Crippen LogP contribution in [0.25, 0.3) is 5.76 Å². The van der Waals surface area contributed by atoms with Crippen LogP contribution in [0.3, 0.4) is 0 Å². The third-order valence-corrected chi connectivity index (χ3v) is 5.29. The van der Waals surface area contributed by atoms with Gasteiger partial charge in [-0.1, -0.05) is 19.8 Å². The smallest absolute Gasteiger partial charge is 0.295 e. The molecule has 31 heavy (non-hydrogen) atoms. The molecule has 7 heteroatoms. The Labute approximate surface area is 182 Å². The van der Waals surface area contributed by atoms with Crippen LogP contribution in [0, 0.1) is 0 Å². The van der Waals surface area contributed by atoms with Gasteiger partial charge in [-0.3, -0.25) is 9.59 Å². The second-order valence-corrected chi connectivity index (χ2v) is 7.89. The first kappa shape index (κ1) is 22.6. The van der Waals surface area contributed by atoms with E-state index in [0.29, 0.717) is 36.8 Å². The third-order valence-electron chi connectivity index (χ3n) is 5.29. The normalized spacial score (nSPS) is 18.2. The van der Waals surface area contributed by atoms with Gasteiger partial charge in [-0.15, -0.1) is 0 Å². The molecule has 1 unspecified atom stereocenters. The van der Waals surface area contributed by atoms with Crippen LogP contribution in [-0.4, -0.2) is 60.4 Å². The van der Waals surface area contributed by atoms with E-state index in [0.717, 1.165) is 19.3 Å². The third kappa shape index (κ3) is 5.17. The van der Waals surface area contributed by atoms with E-state index in [2.05, 4.69) is 6.92 Å². The molecule has 1 fully saturated rings. The van der Waals surface area contributed by atoms with Gasteiger partial charge in [-0.05, 0) is 56.9 Å². The van der Waals surface area contributed by atoms with E-state index >= 15 is 0 Å². The van der Waals surface area contributed by atoms with Gasteiger partial charge < -0.3 is 24.1 Å². The zero-order valence-electron chi connectivity index (χ0n) is 18.3. The number of likely N-dealkylation sites (N-methyl/N-ethyl adjacent to an activating group) is 1. The molecule has 0 spiro atoms. The second-order valence-electron chi connectivity index (χ2n) is 7.89. The average Bonchev–Trinajstić information content (AvgIpc) is 3.37. The number of benzene rings is 1. The van der Waals surface area contributed by atoms with Gasteiger partial charge in [0.1, 0.15) is 23.3 Å². The monoisotopic (exact) mass is 426 g/mol. The summed E-state index contributed by atoms with van der Waals surface area (Å²) in [4.78, 5) is 29.0. The van der Waals surface area contributed by atoms with Crippen LogP contribution in [0.5, 0.6) is 5.75 Å². The molecule has 0 saturated carbocycles. The number of likely N-dealkylation sites (tertiary alicyclic amines) is 1. The molecule has 3 rings (SSSR count). The molecule has 0 radical (unpaired) electrons. The van der Waals surface area contributed by atoms with Crippen molar-refractivity contribution in [2.24, 2.45) is 0 Å². The molecule has 2 aromatic rings. The molecule has 1 aliphatic rings. The lowest BCUT2D eigenvalue weighted by atomic mass is 9.99. The number of furan rings is 1. The highest BCUT2D eigenvalue weighted by atomic mass is 16.5. The number of carbonyl (C=O) groups is 2. The summed E-state index contributed by atoms with van der Waals surface area (Å²) in [6.45, 7) is 3.69. The maximum Gasteiger partial charge on any atom is 0.295 e. The Morgan fingerprint density at radius 3 is 2.52 bits per heavy atom. The number of rotatable bonds is 10. The predicted molar refractivity (Wildman–Crippen MR) is 118 cm³/mol. The molecule has 1 N–H and O–H groups in total. The zero-order chi connectivity index (χ0) is 22.4. The van der Waals surface area contributed by atoms with Gasteiger partial charge in [0.15, 0.2) is 0 Å². The minimum Gasteiger partial charge on any atom is -0.507 e. The fourth-order valence-electron chi connectivity index (χ4n) is 3.57. The van der Waals surface area contributed by atoms with Crippen molar-refractivity contribution in [3.8, 4) is 5.75 Å². The van der Waals surface area contributed by atoms with Gasteiger partial charge in [0.2, 0.25) is 0 Å². The minimum absolute atomic E-state index is 0.0373. The van der Waals surface area contributed by atoms with Crippen LogP contribution >= 0.6 is 0 Å². The number of Topliss-reactive ketones (excluding diaryl/α,β-unsaturated/α-hetero) is 1. The summed E-state index contributed by atoms with van der Waals surface area (Å²) >= 11 is 0. The summed E-state index contributed by atoms with van der Waals surface area (Å²) in [5.41, 5.74) is 0.485. The molecule has 1 saturated heterocycles. The first-order valence-electron chi connectivity index (χ1n) is 10.6. The molecule has 166 valence electrons. The van der Waals surface area contributed by atoms with Gasteiger partial charge >= 0.3 is 0 Å². The van der Waals surface area contributed by atoms with Crippen LogP contribution < -0.4 is 4.74 Å². The van der Waals surface area contributed by atoms with Crippen LogP contribution in [0.1, 0.15) is 43.6 Å². The Morgan fingerprint density at radius 1 is 1.16 bits per heavy atom. The first-order valence-corrected chi connectivity index (χ1v) is 10.6. The van der Waals surface area contributed by atoms with Crippen molar-refractivity contribution in [2.75, 3.05) is 33.8 Å². The fourth-order valence-corrected chi connectivity index (χ4v) is 3.57. The standard InChI is InChI=1S/C24H30N2O5/c1-4-5-6-15-30-18-11-9-17(10-12-18)22(27)20-21(19-8-7-16-31-19)26(14-13-25(2)3)24(29)23(20)28/h7-12,16,21,27H,4-6,13-15H2,1-3H3/b22-20-. The Morgan fingerprint density at radius 2 is 1.90 bits per heavy atom. The molecule has 0 bridgehead atoms. The molecule has 0 aliphatic carbocycles. The highest BCUT2D eigenvalue weighted by Gasteiger charge is 2.47. The molecule has 1 amide bonds. The van der Waals surface area contributed by atoms with Crippen molar-refractivity contribution in [3.05, 3.63) is 59.6 Å². The lowest BCUT2D eigenvalue weighted by molar-refractivity contribution is -0.140. The SMILES string of the molecule is CCCCCOc1ccc(/C(O)=C2/C(=O)C(=O)N(CCN(C)C)C2c2ccco2)cc1. The number of nitrogens with zero attached hydrogens (tertiary/aromatic N) is 2. The van der Waals surface area contributed by atoms with Gasteiger partial charge in [-0.2, -0.15) is 0 Å². The maximum absolute atomic E-state index is 12.9. The topological polar surface area (TPSA) is 83.2 Å². The number of unbranched alkanes of at least 4 members (excludes halogenated alkanes) is 2. The van der Waals surface area contributed by atoms with E-state index in [9.17, 15) is 14.7 Å². The van der Waals surface area contributed by atoms with Crippen LogP contribution in [0.15, 0.2) is 52.7 Å². The van der Waals surface area contributed by atoms with E-state index in [1.54, 1.807) is 36.4 Å². The number of amides is 1. The largest absolute Gasteiger partial charge is 0.507 e. The van der Waals surface area contributed by atoms with Gasteiger partial charge in [0, 0.05) is 18.7 Å². The molecule has 1 aromatic heterocycles. The Bertz CT molecular complexity index is 916. The second kappa shape index (κ2) is 10.3. The van der Waals surface area contributed by atoms with Crippen molar-refractivity contribution in [3.63, 3.8) is 0 Å². The van der Waals surface area contributed by atoms with Crippen molar-refractivity contribution < 1.29 is 23.8 Å². The van der Waals surface area contributed by atoms with E-state index < -0.39 is 17.7 Å². The summed E-state index contributed by atoms with van der Waals surface area (Å²) in [5.74, 6) is -0.431. The van der Waals surface area contributed by atoms with Crippen LogP contribution in [0.2, 0.25) is 0 Å². The molecular weight excluding hydrogens is 396 g/mol. The van der Waals surface area contributed by atoms with Crippen molar-refractivity contribution in [1.82, 2.24) is 9.80 Å². The number of hydrogen-bond donors (Lipinski definition) is 1. The first-order chi connectivity index (χ1) is 14.9. The average molecular weight is 427 g/mol. The molecule has 2 heterocycles. The number of carbonyl (C=O) groups excluding carboxylic acids is 2. The molecule has 1 atom stereocenters. The van der Waals surface area contributed by atoms with E-state index in [-0.39, 0.29) is 11.3 Å². The Kier molecular flexibility index (Phi) is 7.52. The van der Waals surface area contributed by atoms with E-state index in [4.69, 9.17) is 9.15 Å². The molecular formula is C24H30N2O5. The van der Waals surface area contributed by atoms with E-state index in [1.807, 2.05) is 19.0 Å². The Balaban J connectivity index is 1.90. The van der Waals surface area contributed by atoms with Crippen molar-refractivity contribution in [1.29, 1.82) is 0 Å². The number of aliphatic hydroxyl groups excluding tert-OH is 1. The van der Waals surface area contributed by atoms with Crippen molar-refractivity contribution in [2.45, 2.75) is 32.2 Å². The Hall–Kier alpha value is -3.06. The highest BCUT2D eigenvalue weighted by molar-refractivity contribution is 6.46. The number of aliphatic hydroxyl groups is 1. The molecule has 7 nitrogen and oxygen atoms in total. The van der Waals surface area contributed by atoms with Gasteiger partial charge in [-0.25, -0.2) is 0 Å². The fraction of sp³-hybridized carbons (Fsp3) is 0.417. The summed E-state index contributed by atoms with van der Waals surface area (Å²) in [5, 5.41) is 11.0. The number of hydrogen-bond acceptors (Lipinski definition) is 6. The lowest BCUT2D eigenvalue weighted by Crippen LogP contribution is -2.35. The highest BCUT2D eigenvalue weighted by Crippen LogP contribution is 2.39.